The third kappa shape index (κ3) is 4.44. The summed E-state index contributed by atoms with van der Waals surface area (Å²) in [6.07, 6.45) is 1.18. The Bertz CT molecular complexity index is 652. The molecule has 8 nitrogen and oxygen atoms in total. The van der Waals surface area contributed by atoms with Gasteiger partial charge in [0.1, 0.15) is 5.75 Å². The van der Waals surface area contributed by atoms with E-state index >= 15 is 0 Å². The Labute approximate surface area is 153 Å². The van der Waals surface area contributed by atoms with Crippen molar-refractivity contribution in [3.05, 3.63) is 18.2 Å². The largest absolute Gasteiger partial charge is 0.495 e. The summed E-state index contributed by atoms with van der Waals surface area (Å²) in [5, 5.41) is 9.01. The second-order valence-electron chi connectivity index (χ2n) is 6.70. The standard InChI is InChI=1S/C18H27N5O3/c1-13(24)20-16-11-14(3-4-17(16)26-2)21-18(25)23-9-7-22(8-10-23)15-5-6-19-12-15/h3-4,11,15,19H,5-10,12H2,1-2H3,(H,20,24)(H,21,25). The van der Waals surface area contributed by atoms with Crippen LogP contribution in [-0.4, -0.2) is 74.2 Å². The van der Waals surface area contributed by atoms with E-state index in [0.29, 0.717) is 23.2 Å². The van der Waals surface area contributed by atoms with E-state index in [1.807, 2.05) is 4.90 Å². The van der Waals surface area contributed by atoms with Crippen LogP contribution < -0.4 is 20.7 Å². The Morgan fingerprint density at radius 1 is 1.19 bits per heavy atom. The number of benzene rings is 1. The second kappa shape index (κ2) is 8.37. The van der Waals surface area contributed by atoms with E-state index < -0.39 is 0 Å². The molecule has 0 radical (unpaired) electrons. The van der Waals surface area contributed by atoms with Crippen molar-refractivity contribution in [3.8, 4) is 5.75 Å². The lowest BCUT2D eigenvalue weighted by Gasteiger charge is -2.37. The van der Waals surface area contributed by atoms with Gasteiger partial charge in [-0.15, -0.1) is 0 Å². The van der Waals surface area contributed by atoms with Crippen molar-refractivity contribution in [3.63, 3.8) is 0 Å². The monoisotopic (exact) mass is 361 g/mol. The molecule has 0 bridgehead atoms. The zero-order valence-corrected chi connectivity index (χ0v) is 15.4. The van der Waals surface area contributed by atoms with Crippen LogP contribution in [0, 0.1) is 0 Å². The average molecular weight is 361 g/mol. The highest BCUT2D eigenvalue weighted by atomic mass is 16.5. The number of methoxy groups -OCH3 is 1. The van der Waals surface area contributed by atoms with Crippen LogP contribution in [0.25, 0.3) is 0 Å². The summed E-state index contributed by atoms with van der Waals surface area (Å²) in [5.41, 5.74) is 1.17. The summed E-state index contributed by atoms with van der Waals surface area (Å²) in [6, 6.07) is 5.68. The topological polar surface area (TPSA) is 85.9 Å². The Morgan fingerprint density at radius 3 is 2.58 bits per heavy atom. The molecule has 0 aliphatic carbocycles. The number of piperazine rings is 1. The molecule has 3 N–H and O–H groups in total. The first-order valence-corrected chi connectivity index (χ1v) is 9.03. The number of carbonyl (C=O) groups is 2. The van der Waals surface area contributed by atoms with Crippen LogP contribution in [-0.2, 0) is 4.79 Å². The summed E-state index contributed by atoms with van der Waals surface area (Å²) in [6.45, 7) is 6.81. The molecule has 3 amide bonds. The number of rotatable bonds is 4. The molecule has 8 heteroatoms. The van der Waals surface area contributed by atoms with Gasteiger partial charge in [-0.2, -0.15) is 0 Å². The third-order valence-corrected chi connectivity index (χ3v) is 4.91. The minimum Gasteiger partial charge on any atom is -0.495 e. The molecule has 26 heavy (non-hydrogen) atoms. The maximum absolute atomic E-state index is 12.5. The van der Waals surface area contributed by atoms with Gasteiger partial charge in [-0.05, 0) is 31.2 Å². The number of amides is 3. The molecular weight excluding hydrogens is 334 g/mol. The fourth-order valence-electron chi connectivity index (χ4n) is 3.52. The lowest BCUT2D eigenvalue weighted by molar-refractivity contribution is -0.114. The van der Waals surface area contributed by atoms with E-state index in [0.717, 1.165) is 39.3 Å². The molecular formula is C18H27N5O3. The van der Waals surface area contributed by atoms with Crippen molar-refractivity contribution in [2.24, 2.45) is 0 Å². The van der Waals surface area contributed by atoms with Crippen molar-refractivity contribution in [1.82, 2.24) is 15.1 Å². The Hall–Kier alpha value is -2.32. The van der Waals surface area contributed by atoms with E-state index in [1.165, 1.54) is 20.5 Å². The lowest BCUT2D eigenvalue weighted by Crippen LogP contribution is -2.53. The van der Waals surface area contributed by atoms with Crippen molar-refractivity contribution >= 4 is 23.3 Å². The van der Waals surface area contributed by atoms with Crippen molar-refractivity contribution in [2.75, 3.05) is 57.0 Å². The Balaban J connectivity index is 1.57. The van der Waals surface area contributed by atoms with Crippen LogP contribution in [0.1, 0.15) is 13.3 Å². The highest BCUT2D eigenvalue weighted by Gasteiger charge is 2.27. The minimum absolute atomic E-state index is 0.117. The van der Waals surface area contributed by atoms with Gasteiger partial charge in [0, 0.05) is 51.4 Å². The van der Waals surface area contributed by atoms with E-state index in [1.54, 1.807) is 18.2 Å². The van der Waals surface area contributed by atoms with Crippen LogP contribution in [0.5, 0.6) is 5.75 Å². The predicted octanol–water partition coefficient (Wildman–Crippen LogP) is 1.16. The predicted molar refractivity (Wildman–Crippen MR) is 101 cm³/mol. The number of hydrogen-bond donors (Lipinski definition) is 3. The summed E-state index contributed by atoms with van der Waals surface area (Å²) >= 11 is 0. The van der Waals surface area contributed by atoms with Crippen molar-refractivity contribution in [1.29, 1.82) is 0 Å². The molecule has 2 heterocycles. The van der Waals surface area contributed by atoms with E-state index in [4.69, 9.17) is 4.74 Å². The van der Waals surface area contributed by atoms with Gasteiger partial charge in [0.25, 0.3) is 0 Å². The third-order valence-electron chi connectivity index (χ3n) is 4.91. The average Bonchev–Trinajstić information content (AvgIpc) is 3.16. The van der Waals surface area contributed by atoms with Crippen molar-refractivity contribution < 1.29 is 14.3 Å². The summed E-state index contributed by atoms with van der Waals surface area (Å²) < 4.78 is 5.23. The number of nitrogens with one attached hydrogen (secondary N) is 3. The number of nitrogens with zero attached hydrogens (tertiary/aromatic N) is 2. The minimum atomic E-state index is -0.190. The van der Waals surface area contributed by atoms with Gasteiger partial charge in [0.15, 0.2) is 0 Å². The molecule has 0 spiro atoms. The maximum Gasteiger partial charge on any atom is 0.321 e. The van der Waals surface area contributed by atoms with Gasteiger partial charge in [-0.1, -0.05) is 0 Å². The molecule has 142 valence electrons. The SMILES string of the molecule is COc1ccc(NC(=O)N2CCN(C3CCNC3)CC2)cc1NC(C)=O. The number of carbonyl (C=O) groups excluding carboxylic acids is 2. The molecule has 3 rings (SSSR count). The van der Waals surface area contributed by atoms with Gasteiger partial charge in [0.05, 0.1) is 12.8 Å². The molecule has 1 aromatic rings. The molecule has 2 fully saturated rings. The highest BCUT2D eigenvalue weighted by molar-refractivity contribution is 5.94. The van der Waals surface area contributed by atoms with Gasteiger partial charge >= 0.3 is 6.03 Å². The van der Waals surface area contributed by atoms with Crippen LogP contribution in [0.15, 0.2) is 18.2 Å². The molecule has 0 saturated carbocycles. The molecule has 2 saturated heterocycles. The number of anilines is 2. The molecule has 2 aliphatic heterocycles. The normalized spacial score (nSPS) is 20.7. The first-order chi connectivity index (χ1) is 12.6. The van der Waals surface area contributed by atoms with Gasteiger partial charge < -0.3 is 25.6 Å². The zero-order valence-electron chi connectivity index (χ0n) is 15.4. The second-order valence-corrected chi connectivity index (χ2v) is 6.70. The quantitative estimate of drug-likeness (QED) is 0.749. The van der Waals surface area contributed by atoms with Crippen molar-refractivity contribution in [2.45, 2.75) is 19.4 Å². The van der Waals surface area contributed by atoms with Crippen LogP contribution >= 0.6 is 0 Å². The number of hydrogen-bond acceptors (Lipinski definition) is 5. The fraction of sp³-hybridized carbons (Fsp3) is 0.556. The van der Waals surface area contributed by atoms with E-state index in [-0.39, 0.29) is 11.9 Å². The maximum atomic E-state index is 12.5. The Kier molecular flexibility index (Phi) is 5.95. The molecule has 1 aromatic carbocycles. The first-order valence-electron chi connectivity index (χ1n) is 9.03. The smallest absolute Gasteiger partial charge is 0.321 e. The fourth-order valence-corrected chi connectivity index (χ4v) is 3.52. The van der Waals surface area contributed by atoms with E-state index in [9.17, 15) is 9.59 Å². The van der Waals surface area contributed by atoms with Gasteiger partial charge in [-0.3, -0.25) is 9.69 Å². The molecule has 1 atom stereocenters. The van der Waals surface area contributed by atoms with Crippen LogP contribution in [0.2, 0.25) is 0 Å². The summed E-state index contributed by atoms with van der Waals surface area (Å²) in [4.78, 5) is 28.2. The summed E-state index contributed by atoms with van der Waals surface area (Å²) in [7, 11) is 1.54. The first kappa shape index (κ1) is 18.5. The highest BCUT2D eigenvalue weighted by Crippen LogP contribution is 2.28. The van der Waals surface area contributed by atoms with Gasteiger partial charge in [0.2, 0.25) is 5.91 Å². The lowest BCUT2D eigenvalue weighted by atomic mass is 10.2. The zero-order chi connectivity index (χ0) is 18.5. The number of ether oxygens (including phenoxy) is 1. The van der Waals surface area contributed by atoms with Gasteiger partial charge in [-0.25, -0.2) is 4.79 Å². The van der Waals surface area contributed by atoms with Crippen LogP contribution in [0.4, 0.5) is 16.2 Å². The molecule has 0 aromatic heterocycles. The number of urea groups is 1. The molecule has 1 unspecified atom stereocenters. The Morgan fingerprint density at radius 2 is 1.96 bits per heavy atom. The summed E-state index contributed by atoms with van der Waals surface area (Å²) in [5.74, 6) is 0.362. The molecule has 2 aliphatic rings. The van der Waals surface area contributed by atoms with E-state index in [2.05, 4.69) is 20.9 Å². The van der Waals surface area contributed by atoms with Crippen LogP contribution in [0.3, 0.4) is 0 Å².